The molecule has 0 spiro atoms. The standard InChI is InChI=1S/C18H17BrN4O3S/c1-4-26-18(25)11-8-21-23(10(11)2)14-7-5-6-13(22-14)16-15(17(24)20-3)12(19)9-27-16/h5-9H,4H2,1-3H3,(H,20,24). The predicted molar refractivity (Wildman–Crippen MR) is 106 cm³/mol. The monoisotopic (exact) mass is 448 g/mol. The van der Waals surface area contributed by atoms with Gasteiger partial charge in [0.1, 0.15) is 5.56 Å². The number of ether oxygens (including phenoxy) is 1. The van der Waals surface area contributed by atoms with E-state index in [1.54, 1.807) is 31.6 Å². The highest BCUT2D eigenvalue weighted by atomic mass is 79.9. The highest BCUT2D eigenvalue weighted by Crippen LogP contribution is 2.35. The van der Waals surface area contributed by atoms with E-state index in [9.17, 15) is 9.59 Å². The number of carbonyl (C=O) groups excluding carboxylic acids is 2. The van der Waals surface area contributed by atoms with Crippen LogP contribution in [0, 0.1) is 6.92 Å². The molecule has 3 heterocycles. The van der Waals surface area contributed by atoms with Gasteiger partial charge in [-0.2, -0.15) is 5.10 Å². The Morgan fingerprint density at radius 1 is 1.37 bits per heavy atom. The molecule has 0 aliphatic carbocycles. The van der Waals surface area contributed by atoms with E-state index in [0.717, 1.165) is 4.88 Å². The molecule has 0 aliphatic heterocycles. The number of esters is 1. The Labute approximate surface area is 168 Å². The van der Waals surface area contributed by atoms with Gasteiger partial charge < -0.3 is 10.1 Å². The van der Waals surface area contributed by atoms with E-state index >= 15 is 0 Å². The Hall–Kier alpha value is -2.52. The summed E-state index contributed by atoms with van der Waals surface area (Å²) in [5.41, 5.74) is 2.22. The number of nitrogens with one attached hydrogen (secondary N) is 1. The van der Waals surface area contributed by atoms with Crippen molar-refractivity contribution in [2.24, 2.45) is 0 Å². The highest BCUT2D eigenvalue weighted by molar-refractivity contribution is 9.10. The van der Waals surface area contributed by atoms with E-state index in [2.05, 4.69) is 31.3 Å². The van der Waals surface area contributed by atoms with Crippen LogP contribution in [0.4, 0.5) is 0 Å². The molecule has 3 aromatic heterocycles. The van der Waals surface area contributed by atoms with Gasteiger partial charge in [-0.15, -0.1) is 11.3 Å². The van der Waals surface area contributed by atoms with E-state index in [0.29, 0.717) is 39.4 Å². The van der Waals surface area contributed by atoms with Crippen molar-refractivity contribution in [3.63, 3.8) is 0 Å². The summed E-state index contributed by atoms with van der Waals surface area (Å²) in [6.07, 6.45) is 1.47. The van der Waals surface area contributed by atoms with Crippen LogP contribution in [0.1, 0.15) is 33.3 Å². The molecule has 0 unspecified atom stereocenters. The number of hydrogen-bond donors (Lipinski definition) is 1. The van der Waals surface area contributed by atoms with Crippen LogP contribution >= 0.6 is 27.3 Å². The third kappa shape index (κ3) is 3.65. The number of nitrogens with zero attached hydrogens (tertiary/aromatic N) is 3. The number of hydrogen-bond acceptors (Lipinski definition) is 6. The van der Waals surface area contributed by atoms with Gasteiger partial charge in [0.05, 0.1) is 34.6 Å². The van der Waals surface area contributed by atoms with E-state index in [1.807, 2.05) is 17.5 Å². The minimum absolute atomic E-state index is 0.190. The molecule has 0 atom stereocenters. The lowest BCUT2D eigenvalue weighted by Gasteiger charge is -2.08. The Kier molecular flexibility index (Phi) is 5.71. The maximum Gasteiger partial charge on any atom is 0.341 e. The molecular formula is C18H17BrN4O3S. The molecule has 0 bridgehead atoms. The fourth-order valence-corrected chi connectivity index (χ4v) is 4.26. The van der Waals surface area contributed by atoms with Gasteiger partial charge in [0.2, 0.25) is 0 Å². The third-order valence-corrected chi connectivity index (χ3v) is 5.82. The van der Waals surface area contributed by atoms with Crippen LogP contribution < -0.4 is 5.32 Å². The molecule has 0 fully saturated rings. The molecule has 0 saturated carbocycles. The van der Waals surface area contributed by atoms with Crippen LogP contribution in [0.15, 0.2) is 34.2 Å². The van der Waals surface area contributed by atoms with Gasteiger partial charge in [0.25, 0.3) is 5.91 Å². The summed E-state index contributed by atoms with van der Waals surface area (Å²) in [4.78, 5) is 29.6. The molecule has 140 valence electrons. The first kappa shape index (κ1) is 19.2. The zero-order valence-electron chi connectivity index (χ0n) is 14.9. The molecule has 0 aromatic carbocycles. The van der Waals surface area contributed by atoms with Crippen LogP contribution in [-0.4, -0.2) is 40.3 Å². The number of aromatic nitrogens is 3. The van der Waals surface area contributed by atoms with Crippen LogP contribution in [0.25, 0.3) is 16.4 Å². The van der Waals surface area contributed by atoms with Gasteiger partial charge in [-0.05, 0) is 41.9 Å². The zero-order chi connectivity index (χ0) is 19.6. The average Bonchev–Trinajstić information content (AvgIpc) is 3.24. The SMILES string of the molecule is CCOC(=O)c1cnn(-c2cccc(-c3scc(Br)c3C(=O)NC)n2)c1C. The molecule has 0 saturated heterocycles. The minimum Gasteiger partial charge on any atom is -0.462 e. The number of halogens is 1. The maximum atomic E-state index is 12.2. The van der Waals surface area contributed by atoms with Crippen molar-refractivity contribution in [1.82, 2.24) is 20.1 Å². The fourth-order valence-electron chi connectivity index (χ4n) is 2.58. The molecule has 1 N–H and O–H groups in total. The average molecular weight is 449 g/mol. The summed E-state index contributed by atoms with van der Waals surface area (Å²) < 4.78 is 7.35. The van der Waals surface area contributed by atoms with Crippen molar-refractivity contribution < 1.29 is 14.3 Å². The molecule has 3 rings (SSSR count). The van der Waals surface area contributed by atoms with Crippen LogP contribution in [0.2, 0.25) is 0 Å². The number of carbonyl (C=O) groups is 2. The van der Waals surface area contributed by atoms with Crippen molar-refractivity contribution in [2.45, 2.75) is 13.8 Å². The summed E-state index contributed by atoms with van der Waals surface area (Å²) in [6.45, 7) is 3.84. The number of pyridine rings is 1. The largest absolute Gasteiger partial charge is 0.462 e. The second-order valence-corrected chi connectivity index (χ2v) is 7.26. The topological polar surface area (TPSA) is 86.1 Å². The van der Waals surface area contributed by atoms with Gasteiger partial charge in [-0.25, -0.2) is 14.5 Å². The molecule has 9 heteroatoms. The first-order valence-electron chi connectivity index (χ1n) is 8.16. The maximum absolute atomic E-state index is 12.2. The van der Waals surface area contributed by atoms with Crippen molar-refractivity contribution in [3.8, 4) is 16.4 Å². The molecule has 27 heavy (non-hydrogen) atoms. The Balaban J connectivity index is 2.04. The molecule has 0 aliphatic rings. The summed E-state index contributed by atoms with van der Waals surface area (Å²) >= 11 is 4.84. The Morgan fingerprint density at radius 2 is 2.15 bits per heavy atom. The molecule has 1 amide bonds. The van der Waals surface area contributed by atoms with Gasteiger partial charge in [0, 0.05) is 16.9 Å². The summed E-state index contributed by atoms with van der Waals surface area (Å²) in [5.74, 6) is -0.0559. The summed E-state index contributed by atoms with van der Waals surface area (Å²) in [7, 11) is 1.59. The molecule has 3 aromatic rings. The molecule has 7 nitrogen and oxygen atoms in total. The second kappa shape index (κ2) is 8.01. The van der Waals surface area contributed by atoms with Gasteiger partial charge in [0.15, 0.2) is 5.82 Å². The van der Waals surface area contributed by atoms with Gasteiger partial charge in [-0.1, -0.05) is 6.07 Å². The first-order chi connectivity index (χ1) is 13.0. The van der Waals surface area contributed by atoms with E-state index in [1.165, 1.54) is 17.5 Å². The van der Waals surface area contributed by atoms with Gasteiger partial charge >= 0.3 is 5.97 Å². The number of amides is 1. The van der Waals surface area contributed by atoms with E-state index in [-0.39, 0.29) is 5.91 Å². The second-order valence-electron chi connectivity index (χ2n) is 5.52. The molecule has 0 radical (unpaired) electrons. The van der Waals surface area contributed by atoms with Crippen LogP contribution in [-0.2, 0) is 4.74 Å². The minimum atomic E-state index is -0.415. The normalized spacial score (nSPS) is 10.7. The predicted octanol–water partition coefficient (Wildman–Crippen LogP) is 3.60. The third-order valence-electron chi connectivity index (χ3n) is 3.89. The zero-order valence-corrected chi connectivity index (χ0v) is 17.3. The summed E-state index contributed by atoms with van der Waals surface area (Å²) in [5, 5.41) is 8.77. The fraction of sp³-hybridized carbons (Fsp3) is 0.222. The quantitative estimate of drug-likeness (QED) is 0.602. The highest BCUT2D eigenvalue weighted by Gasteiger charge is 2.20. The number of thiophene rings is 1. The Morgan fingerprint density at radius 3 is 2.85 bits per heavy atom. The Bertz CT molecular complexity index is 1010. The number of rotatable bonds is 5. The first-order valence-corrected chi connectivity index (χ1v) is 9.83. The van der Waals surface area contributed by atoms with Crippen LogP contribution in [0.3, 0.4) is 0 Å². The lowest BCUT2D eigenvalue weighted by Crippen LogP contribution is -2.18. The van der Waals surface area contributed by atoms with Crippen molar-refractivity contribution in [1.29, 1.82) is 0 Å². The van der Waals surface area contributed by atoms with Crippen molar-refractivity contribution in [2.75, 3.05) is 13.7 Å². The smallest absolute Gasteiger partial charge is 0.341 e. The molecular weight excluding hydrogens is 432 g/mol. The lowest BCUT2D eigenvalue weighted by molar-refractivity contribution is 0.0525. The van der Waals surface area contributed by atoms with Gasteiger partial charge in [-0.3, -0.25) is 4.79 Å². The van der Waals surface area contributed by atoms with Crippen LogP contribution in [0.5, 0.6) is 0 Å². The van der Waals surface area contributed by atoms with E-state index in [4.69, 9.17) is 4.74 Å². The van der Waals surface area contributed by atoms with Crippen molar-refractivity contribution in [3.05, 3.63) is 51.1 Å². The summed E-state index contributed by atoms with van der Waals surface area (Å²) in [6, 6.07) is 5.46. The lowest BCUT2D eigenvalue weighted by atomic mass is 10.2. The van der Waals surface area contributed by atoms with Crippen molar-refractivity contribution >= 4 is 39.1 Å². The van der Waals surface area contributed by atoms with E-state index < -0.39 is 5.97 Å².